The van der Waals surface area contributed by atoms with Crippen molar-refractivity contribution in [2.45, 2.75) is 13.5 Å². The summed E-state index contributed by atoms with van der Waals surface area (Å²) >= 11 is 0. The number of pyridine rings is 2. The zero-order valence-corrected chi connectivity index (χ0v) is 9.85. The van der Waals surface area contributed by atoms with E-state index in [1.807, 2.05) is 25.1 Å². The van der Waals surface area contributed by atoms with Crippen molar-refractivity contribution >= 4 is 5.91 Å². The van der Waals surface area contributed by atoms with E-state index in [0.29, 0.717) is 6.54 Å². The molecular weight excluding hydrogens is 233 g/mol. The van der Waals surface area contributed by atoms with Crippen molar-refractivity contribution in [2.24, 2.45) is 0 Å². The normalized spacial score (nSPS) is 10.1. The van der Waals surface area contributed by atoms with Crippen molar-refractivity contribution in [3.05, 3.63) is 59.4 Å². The van der Waals surface area contributed by atoms with Gasteiger partial charge in [0.2, 0.25) is 5.95 Å². The van der Waals surface area contributed by atoms with Crippen LogP contribution in [0.2, 0.25) is 0 Å². The second-order valence-electron chi connectivity index (χ2n) is 3.82. The lowest BCUT2D eigenvalue weighted by Gasteiger charge is -2.05. The molecule has 1 amide bonds. The van der Waals surface area contributed by atoms with Crippen LogP contribution < -0.4 is 5.32 Å². The van der Waals surface area contributed by atoms with E-state index in [1.165, 1.54) is 12.3 Å². The molecule has 2 aromatic heterocycles. The van der Waals surface area contributed by atoms with Gasteiger partial charge in [0.15, 0.2) is 0 Å². The monoisotopic (exact) mass is 245 g/mol. The van der Waals surface area contributed by atoms with Gasteiger partial charge in [-0.3, -0.25) is 9.78 Å². The molecule has 2 heterocycles. The molecule has 18 heavy (non-hydrogen) atoms. The van der Waals surface area contributed by atoms with Gasteiger partial charge in [0.1, 0.15) is 0 Å². The zero-order valence-electron chi connectivity index (χ0n) is 9.85. The third-order valence-electron chi connectivity index (χ3n) is 2.36. The fraction of sp³-hybridized carbons (Fsp3) is 0.154. The predicted molar refractivity (Wildman–Crippen MR) is 64.3 cm³/mol. The van der Waals surface area contributed by atoms with Gasteiger partial charge < -0.3 is 5.32 Å². The van der Waals surface area contributed by atoms with Gasteiger partial charge in [0.05, 0.1) is 12.2 Å². The first-order valence-electron chi connectivity index (χ1n) is 5.47. The number of hydrogen-bond donors (Lipinski definition) is 1. The molecule has 4 nitrogen and oxygen atoms in total. The van der Waals surface area contributed by atoms with E-state index in [-0.39, 0.29) is 11.5 Å². The molecule has 0 unspecified atom stereocenters. The Labute approximate surface area is 104 Å². The van der Waals surface area contributed by atoms with E-state index in [4.69, 9.17) is 0 Å². The molecule has 0 spiro atoms. The van der Waals surface area contributed by atoms with Gasteiger partial charge in [-0.05, 0) is 25.1 Å². The summed E-state index contributed by atoms with van der Waals surface area (Å²) in [4.78, 5) is 19.4. The predicted octanol–water partition coefficient (Wildman–Crippen LogP) is 1.85. The number of nitrogens with one attached hydrogen (secondary N) is 1. The number of nitrogens with zero attached hydrogens (tertiary/aromatic N) is 2. The quantitative estimate of drug-likeness (QED) is 0.840. The summed E-state index contributed by atoms with van der Waals surface area (Å²) in [6.07, 6.45) is 1.26. The molecule has 0 saturated carbocycles. The van der Waals surface area contributed by atoms with Crippen molar-refractivity contribution in [2.75, 3.05) is 0 Å². The largest absolute Gasteiger partial charge is 0.346 e. The number of amides is 1. The summed E-state index contributed by atoms with van der Waals surface area (Å²) < 4.78 is 12.8. The highest BCUT2D eigenvalue weighted by atomic mass is 19.1. The van der Waals surface area contributed by atoms with E-state index in [0.717, 1.165) is 17.5 Å². The molecule has 0 radical (unpaired) electrons. The molecule has 0 saturated heterocycles. The second kappa shape index (κ2) is 5.35. The molecule has 5 heteroatoms. The van der Waals surface area contributed by atoms with E-state index >= 15 is 0 Å². The van der Waals surface area contributed by atoms with E-state index in [2.05, 4.69) is 15.3 Å². The van der Waals surface area contributed by atoms with Crippen LogP contribution in [-0.4, -0.2) is 15.9 Å². The van der Waals surface area contributed by atoms with Gasteiger partial charge in [-0.25, -0.2) is 4.98 Å². The van der Waals surface area contributed by atoms with E-state index in [1.54, 1.807) is 0 Å². The third-order valence-corrected chi connectivity index (χ3v) is 2.36. The van der Waals surface area contributed by atoms with E-state index < -0.39 is 5.95 Å². The maximum Gasteiger partial charge on any atom is 0.251 e. The Hall–Kier alpha value is -2.30. The maximum atomic E-state index is 12.8. The molecule has 92 valence electrons. The molecular formula is C13H12FN3O. The number of aryl methyl sites for hydroxylation is 1. The van der Waals surface area contributed by atoms with Gasteiger partial charge >= 0.3 is 0 Å². The molecule has 2 aromatic rings. The molecule has 0 aliphatic rings. The molecule has 1 N–H and O–H groups in total. The van der Waals surface area contributed by atoms with Crippen molar-refractivity contribution in [3.63, 3.8) is 0 Å². The van der Waals surface area contributed by atoms with Gasteiger partial charge in [-0.15, -0.1) is 0 Å². The third kappa shape index (κ3) is 3.10. The lowest BCUT2D eigenvalue weighted by molar-refractivity contribution is 0.0949. The van der Waals surface area contributed by atoms with Crippen LogP contribution in [0.3, 0.4) is 0 Å². The highest BCUT2D eigenvalue weighted by Crippen LogP contribution is 2.02. The summed E-state index contributed by atoms with van der Waals surface area (Å²) in [6, 6.07) is 8.13. The Morgan fingerprint density at radius 3 is 2.94 bits per heavy atom. The summed E-state index contributed by atoms with van der Waals surface area (Å²) in [5.74, 6) is -1.02. The maximum absolute atomic E-state index is 12.8. The van der Waals surface area contributed by atoms with Gasteiger partial charge in [-0.1, -0.05) is 6.07 Å². The summed E-state index contributed by atoms with van der Waals surface area (Å²) in [6.45, 7) is 2.19. The number of carbonyl (C=O) groups excluding carboxylic acids is 1. The first-order valence-corrected chi connectivity index (χ1v) is 5.47. The van der Waals surface area contributed by atoms with Crippen molar-refractivity contribution in [1.82, 2.24) is 15.3 Å². The van der Waals surface area contributed by atoms with Gasteiger partial charge in [-0.2, -0.15) is 4.39 Å². The Bertz CT molecular complexity index is 572. The summed E-state index contributed by atoms with van der Waals surface area (Å²) in [7, 11) is 0. The van der Waals surface area contributed by atoms with Crippen LogP contribution in [0.25, 0.3) is 0 Å². The standard InChI is InChI=1S/C13H12FN3O/c1-9-3-2-4-11(17-9)8-16-13(18)10-5-6-15-12(14)7-10/h2-7H,8H2,1H3,(H,16,18). The number of hydrogen-bond acceptors (Lipinski definition) is 3. The number of halogens is 1. The molecule has 0 aliphatic carbocycles. The van der Waals surface area contributed by atoms with Gasteiger partial charge in [0.25, 0.3) is 5.91 Å². The Balaban J connectivity index is 2.00. The number of rotatable bonds is 3. The van der Waals surface area contributed by atoms with Crippen LogP contribution in [-0.2, 0) is 6.54 Å². The first kappa shape index (κ1) is 12.2. The Kier molecular flexibility index (Phi) is 3.62. The molecule has 0 bridgehead atoms. The van der Waals surface area contributed by atoms with Crippen LogP contribution >= 0.6 is 0 Å². The van der Waals surface area contributed by atoms with Crippen LogP contribution in [0.1, 0.15) is 21.7 Å². The minimum Gasteiger partial charge on any atom is -0.346 e. The smallest absolute Gasteiger partial charge is 0.251 e. The average Bonchev–Trinajstić information content (AvgIpc) is 2.36. The highest BCUT2D eigenvalue weighted by Gasteiger charge is 2.06. The molecule has 0 atom stereocenters. The number of carbonyl (C=O) groups is 1. The SMILES string of the molecule is Cc1cccc(CNC(=O)c2ccnc(F)c2)n1. The summed E-state index contributed by atoms with van der Waals surface area (Å²) in [5.41, 5.74) is 1.89. The minimum absolute atomic E-state index is 0.246. The molecule has 2 rings (SSSR count). The van der Waals surface area contributed by atoms with Crippen molar-refractivity contribution < 1.29 is 9.18 Å². The van der Waals surface area contributed by atoms with Crippen LogP contribution in [0.5, 0.6) is 0 Å². The van der Waals surface area contributed by atoms with E-state index in [9.17, 15) is 9.18 Å². The highest BCUT2D eigenvalue weighted by molar-refractivity contribution is 5.93. The Morgan fingerprint density at radius 2 is 2.22 bits per heavy atom. The van der Waals surface area contributed by atoms with Crippen LogP contribution in [0, 0.1) is 12.9 Å². The van der Waals surface area contributed by atoms with Crippen LogP contribution in [0.4, 0.5) is 4.39 Å². The van der Waals surface area contributed by atoms with Gasteiger partial charge in [0, 0.05) is 23.5 Å². The number of aromatic nitrogens is 2. The molecule has 0 aliphatic heterocycles. The second-order valence-corrected chi connectivity index (χ2v) is 3.82. The fourth-order valence-electron chi connectivity index (χ4n) is 1.51. The molecule has 0 fully saturated rings. The van der Waals surface area contributed by atoms with Crippen LogP contribution in [0.15, 0.2) is 36.5 Å². The first-order chi connectivity index (χ1) is 8.65. The lowest BCUT2D eigenvalue weighted by Crippen LogP contribution is -2.23. The molecule has 0 aromatic carbocycles. The van der Waals surface area contributed by atoms with Crippen molar-refractivity contribution in [3.8, 4) is 0 Å². The average molecular weight is 245 g/mol. The summed E-state index contributed by atoms with van der Waals surface area (Å²) in [5, 5.41) is 2.67. The fourth-order valence-corrected chi connectivity index (χ4v) is 1.51. The van der Waals surface area contributed by atoms with Crippen molar-refractivity contribution in [1.29, 1.82) is 0 Å². The zero-order chi connectivity index (χ0) is 13.0. The topological polar surface area (TPSA) is 54.9 Å². The minimum atomic E-state index is -0.670. The Morgan fingerprint density at radius 1 is 1.39 bits per heavy atom. The lowest BCUT2D eigenvalue weighted by atomic mass is 10.2.